The normalized spacial score (nSPS) is 17.7. The lowest BCUT2D eigenvalue weighted by Crippen LogP contribution is -2.31. The first-order chi connectivity index (χ1) is 15.9. The molecule has 0 unspecified atom stereocenters. The highest BCUT2D eigenvalue weighted by atomic mass is 32.2. The highest BCUT2D eigenvalue weighted by Gasteiger charge is 2.34. The molecule has 2 aliphatic rings. The van der Waals surface area contributed by atoms with Crippen molar-refractivity contribution in [2.45, 2.75) is 49.8 Å². The molecule has 0 spiro atoms. The molecule has 0 radical (unpaired) electrons. The van der Waals surface area contributed by atoms with Crippen LogP contribution >= 0.6 is 0 Å². The second-order valence-corrected chi connectivity index (χ2v) is 12.0. The van der Waals surface area contributed by atoms with Gasteiger partial charge in [-0.3, -0.25) is 9.59 Å². The van der Waals surface area contributed by atoms with Gasteiger partial charge in [0, 0.05) is 51.4 Å². The van der Waals surface area contributed by atoms with E-state index in [1.54, 1.807) is 12.1 Å². The van der Waals surface area contributed by atoms with E-state index in [1.807, 2.05) is 13.8 Å². The fourth-order valence-corrected chi connectivity index (χ4v) is 5.77. The maximum atomic E-state index is 14.9. The molecule has 1 amide bonds. The van der Waals surface area contributed by atoms with E-state index in [2.05, 4.69) is 10.2 Å². The average Bonchev–Trinajstić information content (AvgIpc) is 3.28. The molecular formula is C25H30FN3O4S. The van der Waals surface area contributed by atoms with Gasteiger partial charge in [0.25, 0.3) is 5.91 Å². The number of halogens is 1. The summed E-state index contributed by atoms with van der Waals surface area (Å²) in [6.07, 6.45) is 2.33. The van der Waals surface area contributed by atoms with Gasteiger partial charge in [-0.2, -0.15) is 0 Å². The monoisotopic (exact) mass is 487 g/mol. The van der Waals surface area contributed by atoms with Gasteiger partial charge in [0.1, 0.15) is 11.6 Å². The van der Waals surface area contributed by atoms with Crippen molar-refractivity contribution in [1.82, 2.24) is 4.31 Å². The number of hydrogen-bond donors (Lipinski definition) is 1. The van der Waals surface area contributed by atoms with Crippen molar-refractivity contribution >= 4 is 33.1 Å². The van der Waals surface area contributed by atoms with Gasteiger partial charge in [0.15, 0.2) is 0 Å². The quantitative estimate of drug-likeness (QED) is 0.695. The van der Waals surface area contributed by atoms with Crippen LogP contribution in [-0.4, -0.2) is 51.6 Å². The van der Waals surface area contributed by atoms with Crippen LogP contribution in [0.1, 0.15) is 54.6 Å². The van der Waals surface area contributed by atoms with Crippen molar-refractivity contribution in [3.05, 3.63) is 52.8 Å². The Labute approximate surface area is 200 Å². The first kappa shape index (κ1) is 24.3. The molecule has 182 valence electrons. The Morgan fingerprint density at radius 2 is 1.79 bits per heavy atom. The number of Topliss-reactive ketones (excluding diaryl/α,β-unsaturated/α-hetero) is 1. The van der Waals surface area contributed by atoms with Gasteiger partial charge < -0.3 is 10.2 Å². The molecule has 2 aromatic carbocycles. The largest absolute Gasteiger partial charge is 0.371 e. The van der Waals surface area contributed by atoms with Crippen LogP contribution in [-0.2, 0) is 26.7 Å². The fourth-order valence-electron chi connectivity index (χ4n) is 4.84. The minimum Gasteiger partial charge on any atom is -0.371 e. The number of hydrogen-bond acceptors (Lipinski definition) is 5. The molecule has 1 heterocycles. The van der Waals surface area contributed by atoms with Crippen molar-refractivity contribution in [2.75, 3.05) is 37.4 Å². The lowest BCUT2D eigenvalue weighted by Gasteiger charge is -2.32. The van der Waals surface area contributed by atoms with Crippen LogP contribution in [0.15, 0.2) is 35.2 Å². The first-order valence-electron chi connectivity index (χ1n) is 11.4. The van der Waals surface area contributed by atoms with E-state index in [0.717, 1.165) is 30.2 Å². The van der Waals surface area contributed by atoms with E-state index >= 15 is 0 Å². The fraction of sp³-hybridized carbons (Fsp3) is 0.440. The lowest BCUT2D eigenvalue weighted by molar-refractivity contribution is -0.120. The number of rotatable bonds is 5. The van der Waals surface area contributed by atoms with Gasteiger partial charge in [-0.25, -0.2) is 17.1 Å². The molecule has 9 heteroatoms. The number of sulfonamides is 1. The number of benzene rings is 2. The predicted molar refractivity (Wildman–Crippen MR) is 129 cm³/mol. The van der Waals surface area contributed by atoms with Gasteiger partial charge >= 0.3 is 0 Å². The lowest BCUT2D eigenvalue weighted by atomic mass is 9.72. The number of fused-ring (bicyclic) bond motifs is 1. The van der Waals surface area contributed by atoms with Crippen LogP contribution in [0.25, 0.3) is 0 Å². The number of anilines is 2. The zero-order valence-electron chi connectivity index (χ0n) is 19.9. The summed E-state index contributed by atoms with van der Waals surface area (Å²) in [7, 11) is -0.870. The van der Waals surface area contributed by atoms with Gasteiger partial charge in [0.05, 0.1) is 10.5 Å². The summed E-state index contributed by atoms with van der Waals surface area (Å²) in [6, 6.07) is 7.51. The third-order valence-corrected chi connectivity index (χ3v) is 8.44. The van der Waals surface area contributed by atoms with Crippen LogP contribution in [0.2, 0.25) is 0 Å². The number of carbonyl (C=O) groups is 2. The van der Waals surface area contributed by atoms with Crippen LogP contribution in [0.4, 0.5) is 15.8 Å². The number of ketones is 1. The summed E-state index contributed by atoms with van der Waals surface area (Å²) in [5.41, 5.74) is 1.67. The highest BCUT2D eigenvalue weighted by Crippen LogP contribution is 2.38. The van der Waals surface area contributed by atoms with E-state index in [-0.39, 0.29) is 28.4 Å². The molecule has 4 rings (SSSR count). The molecule has 7 nitrogen and oxygen atoms in total. The second-order valence-electron chi connectivity index (χ2n) is 9.87. The van der Waals surface area contributed by atoms with Crippen molar-refractivity contribution in [3.63, 3.8) is 0 Å². The van der Waals surface area contributed by atoms with Crippen LogP contribution in [0.5, 0.6) is 0 Å². The molecule has 1 fully saturated rings. The molecule has 1 aliphatic carbocycles. The maximum Gasteiger partial charge on any atom is 0.257 e. The molecule has 0 saturated carbocycles. The Balaban J connectivity index is 1.74. The van der Waals surface area contributed by atoms with E-state index in [4.69, 9.17) is 0 Å². The van der Waals surface area contributed by atoms with Gasteiger partial charge in [-0.1, -0.05) is 13.8 Å². The third-order valence-electron chi connectivity index (χ3n) is 6.63. The van der Waals surface area contributed by atoms with Crippen LogP contribution < -0.4 is 10.2 Å². The number of carbonyl (C=O) groups excluding carboxylic acids is 2. The molecule has 0 bridgehead atoms. The second kappa shape index (κ2) is 8.78. The molecule has 34 heavy (non-hydrogen) atoms. The Bertz CT molecular complexity index is 1270. The minimum atomic E-state index is -3.74. The van der Waals surface area contributed by atoms with Crippen molar-refractivity contribution < 1.29 is 22.4 Å². The summed E-state index contributed by atoms with van der Waals surface area (Å²) >= 11 is 0. The predicted octanol–water partition coefficient (Wildman–Crippen LogP) is 3.72. The molecule has 1 saturated heterocycles. The summed E-state index contributed by atoms with van der Waals surface area (Å²) in [4.78, 5) is 27.6. The summed E-state index contributed by atoms with van der Waals surface area (Å²) in [5, 5.41) is 2.77. The summed E-state index contributed by atoms with van der Waals surface area (Å²) < 4.78 is 41.4. The van der Waals surface area contributed by atoms with E-state index in [9.17, 15) is 22.4 Å². The van der Waals surface area contributed by atoms with E-state index in [1.165, 1.54) is 32.3 Å². The number of amides is 1. The van der Waals surface area contributed by atoms with Crippen LogP contribution in [0, 0.1) is 5.82 Å². The molecule has 1 N–H and O–H groups in total. The highest BCUT2D eigenvalue weighted by molar-refractivity contribution is 7.89. The topological polar surface area (TPSA) is 86.8 Å². The Kier molecular flexibility index (Phi) is 6.29. The van der Waals surface area contributed by atoms with Crippen molar-refractivity contribution in [3.8, 4) is 0 Å². The van der Waals surface area contributed by atoms with Crippen molar-refractivity contribution in [2.24, 2.45) is 0 Å². The standard InChI is InChI=1S/C25H30FN3O4S/c1-25(2)15-17(30)13-19-21(25)11-16(12-22(19)26)27-24(31)20-14-18(34(32,33)28(3)4)7-8-23(20)29-9-5-6-10-29/h7-8,11-12,14H,5-6,9-10,13,15H2,1-4H3,(H,27,31). The van der Waals surface area contributed by atoms with Crippen LogP contribution in [0.3, 0.4) is 0 Å². The van der Waals surface area contributed by atoms with Gasteiger partial charge in [-0.15, -0.1) is 0 Å². The van der Waals surface area contributed by atoms with Crippen molar-refractivity contribution in [1.29, 1.82) is 0 Å². The van der Waals surface area contributed by atoms with E-state index < -0.39 is 27.2 Å². The first-order valence-corrected chi connectivity index (χ1v) is 12.8. The zero-order chi connectivity index (χ0) is 24.8. The molecule has 1 aliphatic heterocycles. The Hall–Kier alpha value is -2.78. The Morgan fingerprint density at radius 3 is 2.44 bits per heavy atom. The molecule has 2 aromatic rings. The zero-order valence-corrected chi connectivity index (χ0v) is 20.8. The number of nitrogens with zero attached hydrogens (tertiary/aromatic N) is 2. The van der Waals surface area contributed by atoms with E-state index in [0.29, 0.717) is 23.2 Å². The summed E-state index contributed by atoms with van der Waals surface area (Å²) in [6.45, 7) is 5.31. The third kappa shape index (κ3) is 4.46. The molecule has 0 atom stereocenters. The SMILES string of the molecule is CN(C)S(=O)(=O)c1ccc(N2CCCC2)c(C(=O)Nc2cc(F)c3c(c2)C(C)(C)CC(=O)C3)c1. The maximum absolute atomic E-state index is 14.9. The summed E-state index contributed by atoms with van der Waals surface area (Å²) in [5.74, 6) is -1.05. The molecular weight excluding hydrogens is 457 g/mol. The van der Waals surface area contributed by atoms with Gasteiger partial charge in [0.2, 0.25) is 10.0 Å². The number of nitrogens with one attached hydrogen (secondary N) is 1. The van der Waals surface area contributed by atoms with Gasteiger partial charge in [-0.05, 0) is 59.7 Å². The smallest absolute Gasteiger partial charge is 0.257 e. The Morgan fingerprint density at radius 1 is 1.12 bits per heavy atom. The average molecular weight is 488 g/mol. The molecule has 0 aromatic heterocycles. The minimum absolute atomic E-state index is 0.0117.